The molecule has 32 heavy (non-hydrogen) atoms. The van der Waals surface area contributed by atoms with Crippen LogP contribution in [-0.4, -0.2) is 16.8 Å². The van der Waals surface area contributed by atoms with E-state index in [9.17, 15) is 9.59 Å². The molecule has 0 aliphatic rings. The van der Waals surface area contributed by atoms with E-state index >= 15 is 0 Å². The van der Waals surface area contributed by atoms with Crippen molar-refractivity contribution in [2.45, 2.75) is 53.4 Å². The number of benzene rings is 2. The van der Waals surface area contributed by atoms with Crippen LogP contribution in [0.3, 0.4) is 0 Å². The summed E-state index contributed by atoms with van der Waals surface area (Å²) in [7, 11) is 0. The van der Waals surface area contributed by atoms with Crippen LogP contribution in [-0.2, 0) is 0 Å². The summed E-state index contributed by atoms with van der Waals surface area (Å²) in [6.07, 6.45) is 1.44. The lowest BCUT2D eigenvalue weighted by atomic mass is 9.98. The smallest absolute Gasteiger partial charge is 0.274 e. The Morgan fingerprint density at radius 2 is 1.22 bits per heavy atom. The Hall–Kier alpha value is -3.47. The molecule has 0 radical (unpaired) electrons. The van der Waals surface area contributed by atoms with Gasteiger partial charge in [-0.2, -0.15) is 0 Å². The van der Waals surface area contributed by atoms with Crippen LogP contribution in [0.15, 0.2) is 54.7 Å². The Morgan fingerprint density at radius 3 is 1.66 bits per heavy atom. The first-order valence-corrected chi connectivity index (χ1v) is 11.0. The van der Waals surface area contributed by atoms with Gasteiger partial charge in [-0.05, 0) is 60.1 Å². The van der Waals surface area contributed by atoms with Crippen molar-refractivity contribution >= 4 is 23.2 Å². The molecule has 1 heterocycles. The summed E-state index contributed by atoms with van der Waals surface area (Å²) in [4.78, 5) is 29.9. The number of amides is 2. The highest BCUT2D eigenvalue weighted by Crippen LogP contribution is 2.29. The quantitative estimate of drug-likeness (QED) is 0.473. The second-order valence-electron chi connectivity index (χ2n) is 8.73. The van der Waals surface area contributed by atoms with Crippen molar-refractivity contribution in [3.8, 4) is 0 Å². The highest BCUT2D eigenvalue weighted by atomic mass is 16.2. The number of carbonyl (C=O) groups excluding carboxylic acids is 2. The summed E-state index contributed by atoms with van der Waals surface area (Å²) < 4.78 is 0. The number of anilines is 2. The molecule has 2 aromatic carbocycles. The molecule has 0 unspecified atom stereocenters. The van der Waals surface area contributed by atoms with E-state index in [-0.39, 0.29) is 29.3 Å². The summed E-state index contributed by atoms with van der Waals surface area (Å²) >= 11 is 0. The van der Waals surface area contributed by atoms with Crippen molar-refractivity contribution in [1.29, 1.82) is 0 Å². The van der Waals surface area contributed by atoms with E-state index in [2.05, 4.69) is 43.3 Å². The standard InChI is InChI=1S/C27H31N3O2/c1-16(2)21-11-7-9-18(5)24(21)29-26(31)20-13-14-23(28-15-20)27(32)30-25-19(6)10-8-12-22(25)17(3)4/h7-17H,1-6H3,(H,29,31)(H,30,32). The highest BCUT2D eigenvalue weighted by Gasteiger charge is 2.17. The molecule has 5 heteroatoms. The first-order valence-electron chi connectivity index (χ1n) is 11.0. The number of nitrogens with zero attached hydrogens (tertiary/aromatic N) is 1. The minimum Gasteiger partial charge on any atom is -0.321 e. The number of nitrogens with one attached hydrogen (secondary N) is 2. The number of para-hydroxylation sites is 2. The lowest BCUT2D eigenvalue weighted by molar-refractivity contribution is 0.101. The molecule has 3 rings (SSSR count). The number of aromatic nitrogens is 1. The predicted octanol–water partition coefficient (Wildman–Crippen LogP) is 6.45. The molecule has 1 aromatic heterocycles. The molecule has 3 aromatic rings. The van der Waals surface area contributed by atoms with Gasteiger partial charge in [0, 0.05) is 17.6 Å². The van der Waals surface area contributed by atoms with E-state index in [1.807, 2.05) is 50.2 Å². The van der Waals surface area contributed by atoms with Gasteiger partial charge in [-0.25, -0.2) is 0 Å². The minimum absolute atomic E-state index is 0.248. The zero-order valence-corrected chi connectivity index (χ0v) is 19.6. The molecule has 166 valence electrons. The Balaban J connectivity index is 1.78. The van der Waals surface area contributed by atoms with E-state index in [1.54, 1.807) is 12.1 Å². The molecule has 0 atom stereocenters. The third-order valence-corrected chi connectivity index (χ3v) is 5.59. The molecule has 0 fully saturated rings. The zero-order chi connectivity index (χ0) is 23.4. The van der Waals surface area contributed by atoms with E-state index in [1.165, 1.54) is 6.20 Å². The normalized spacial score (nSPS) is 11.0. The summed E-state index contributed by atoms with van der Waals surface area (Å²) in [5.41, 5.74) is 6.48. The molecule has 0 saturated carbocycles. The van der Waals surface area contributed by atoms with Crippen LogP contribution in [0.25, 0.3) is 0 Å². The van der Waals surface area contributed by atoms with Crippen LogP contribution in [0.4, 0.5) is 11.4 Å². The van der Waals surface area contributed by atoms with Crippen molar-refractivity contribution in [3.05, 3.63) is 88.2 Å². The fraction of sp³-hybridized carbons (Fsp3) is 0.296. The van der Waals surface area contributed by atoms with Crippen molar-refractivity contribution in [1.82, 2.24) is 4.98 Å². The van der Waals surface area contributed by atoms with E-state index in [4.69, 9.17) is 0 Å². The summed E-state index contributed by atoms with van der Waals surface area (Å²) in [5.74, 6) is 0.0174. The van der Waals surface area contributed by atoms with Gasteiger partial charge in [-0.15, -0.1) is 0 Å². The average Bonchev–Trinajstić information content (AvgIpc) is 2.76. The van der Waals surface area contributed by atoms with E-state index in [0.717, 1.165) is 33.6 Å². The Bertz CT molecular complexity index is 1040. The van der Waals surface area contributed by atoms with Gasteiger partial charge in [-0.1, -0.05) is 64.1 Å². The Morgan fingerprint density at radius 1 is 0.719 bits per heavy atom. The molecular formula is C27H31N3O2. The molecule has 5 nitrogen and oxygen atoms in total. The fourth-order valence-corrected chi connectivity index (χ4v) is 3.71. The lowest BCUT2D eigenvalue weighted by Gasteiger charge is -2.17. The van der Waals surface area contributed by atoms with Gasteiger partial charge in [0.15, 0.2) is 0 Å². The predicted molar refractivity (Wildman–Crippen MR) is 131 cm³/mol. The van der Waals surface area contributed by atoms with Crippen LogP contribution in [0.5, 0.6) is 0 Å². The molecule has 0 aliphatic carbocycles. The molecule has 2 amide bonds. The molecular weight excluding hydrogens is 398 g/mol. The molecule has 0 bridgehead atoms. The second kappa shape index (κ2) is 9.77. The van der Waals surface area contributed by atoms with E-state index < -0.39 is 0 Å². The van der Waals surface area contributed by atoms with Gasteiger partial charge in [0.05, 0.1) is 5.56 Å². The van der Waals surface area contributed by atoms with Gasteiger partial charge in [0.2, 0.25) is 0 Å². The average molecular weight is 430 g/mol. The maximum absolute atomic E-state index is 12.8. The summed E-state index contributed by atoms with van der Waals surface area (Å²) in [5, 5.41) is 6.00. The highest BCUT2D eigenvalue weighted by molar-refractivity contribution is 6.07. The number of pyridine rings is 1. The third kappa shape index (κ3) is 5.05. The SMILES string of the molecule is Cc1cccc(C(C)C)c1NC(=O)c1ccc(C(=O)Nc2c(C)cccc2C(C)C)nc1. The van der Waals surface area contributed by atoms with Gasteiger partial charge >= 0.3 is 0 Å². The number of rotatable bonds is 6. The van der Waals surface area contributed by atoms with Gasteiger partial charge in [0.1, 0.15) is 5.69 Å². The van der Waals surface area contributed by atoms with Gasteiger partial charge in [-0.3, -0.25) is 14.6 Å². The summed E-state index contributed by atoms with van der Waals surface area (Å²) in [6, 6.07) is 15.2. The summed E-state index contributed by atoms with van der Waals surface area (Å²) in [6.45, 7) is 12.3. The lowest BCUT2D eigenvalue weighted by Crippen LogP contribution is -2.18. The van der Waals surface area contributed by atoms with Crippen LogP contribution in [0.2, 0.25) is 0 Å². The minimum atomic E-state index is -0.297. The van der Waals surface area contributed by atoms with Crippen molar-refractivity contribution in [3.63, 3.8) is 0 Å². The van der Waals surface area contributed by atoms with Crippen LogP contribution >= 0.6 is 0 Å². The topological polar surface area (TPSA) is 71.1 Å². The maximum atomic E-state index is 12.8. The van der Waals surface area contributed by atoms with Gasteiger partial charge < -0.3 is 10.6 Å². The largest absolute Gasteiger partial charge is 0.321 e. The van der Waals surface area contributed by atoms with E-state index in [0.29, 0.717) is 5.56 Å². The fourth-order valence-electron chi connectivity index (χ4n) is 3.71. The molecule has 0 saturated heterocycles. The Labute approximate surface area is 190 Å². The first kappa shape index (κ1) is 23.2. The second-order valence-corrected chi connectivity index (χ2v) is 8.73. The zero-order valence-electron chi connectivity index (χ0n) is 19.6. The van der Waals surface area contributed by atoms with Crippen molar-refractivity contribution < 1.29 is 9.59 Å². The molecule has 0 spiro atoms. The van der Waals surface area contributed by atoms with Crippen LogP contribution in [0.1, 0.15) is 82.6 Å². The Kier molecular flexibility index (Phi) is 7.08. The number of carbonyl (C=O) groups is 2. The maximum Gasteiger partial charge on any atom is 0.274 e. The number of aryl methyl sites for hydroxylation is 2. The van der Waals surface area contributed by atoms with Crippen LogP contribution in [0, 0.1) is 13.8 Å². The van der Waals surface area contributed by atoms with Crippen molar-refractivity contribution in [2.24, 2.45) is 0 Å². The van der Waals surface area contributed by atoms with Crippen LogP contribution < -0.4 is 10.6 Å². The monoisotopic (exact) mass is 429 g/mol. The number of hydrogen-bond acceptors (Lipinski definition) is 3. The third-order valence-electron chi connectivity index (χ3n) is 5.59. The first-order chi connectivity index (χ1) is 15.2. The molecule has 0 aliphatic heterocycles. The molecule has 2 N–H and O–H groups in total. The number of hydrogen-bond donors (Lipinski definition) is 2. The van der Waals surface area contributed by atoms with Gasteiger partial charge in [0.25, 0.3) is 11.8 Å². The van der Waals surface area contributed by atoms with Crippen molar-refractivity contribution in [2.75, 3.05) is 10.6 Å².